The molecule has 1 aromatic carbocycles. The number of carbonyl (C=O) groups is 1. The van der Waals surface area contributed by atoms with Crippen LogP contribution in [0.3, 0.4) is 0 Å². The van der Waals surface area contributed by atoms with Crippen LogP contribution in [-0.2, 0) is 11.3 Å². The average Bonchev–Trinajstić information content (AvgIpc) is 2.42. The zero-order valence-corrected chi connectivity index (χ0v) is 12.5. The lowest BCUT2D eigenvalue weighted by molar-refractivity contribution is -0.145. The molecule has 0 aliphatic rings. The van der Waals surface area contributed by atoms with Crippen LogP contribution in [0.1, 0.15) is 32.8 Å². The van der Waals surface area contributed by atoms with Crippen LogP contribution in [-0.4, -0.2) is 30.3 Å². The van der Waals surface area contributed by atoms with Crippen LogP contribution in [0.4, 0.5) is 0 Å². The monoisotopic (exact) mass is 281 g/mol. The van der Waals surface area contributed by atoms with E-state index in [4.69, 9.17) is 14.6 Å². The zero-order valence-electron chi connectivity index (χ0n) is 12.5. The summed E-state index contributed by atoms with van der Waals surface area (Å²) in [7, 11) is 1.55. The number of nitrogens with one attached hydrogen (secondary N) is 1. The number of aliphatic carboxylic acids is 1. The number of hydrogen-bond acceptors (Lipinski definition) is 4. The molecule has 2 N–H and O–H groups in total. The van der Waals surface area contributed by atoms with Gasteiger partial charge in [-0.1, -0.05) is 32.9 Å². The van der Waals surface area contributed by atoms with Crippen molar-refractivity contribution in [3.63, 3.8) is 0 Å². The molecule has 5 heteroatoms. The maximum absolute atomic E-state index is 11.1. The van der Waals surface area contributed by atoms with Gasteiger partial charge in [0.25, 0.3) is 0 Å². The lowest BCUT2D eigenvalue weighted by atomic mass is 10.1. The van der Waals surface area contributed by atoms with E-state index in [1.165, 1.54) is 0 Å². The van der Waals surface area contributed by atoms with Gasteiger partial charge in [-0.25, -0.2) is 4.79 Å². The fraction of sp³-hybridized carbons (Fsp3) is 0.533. The molecule has 1 unspecified atom stereocenters. The Kier molecular flexibility index (Phi) is 6.31. The second-order valence-electron chi connectivity index (χ2n) is 4.84. The number of ether oxygens (including phenoxy) is 2. The largest absolute Gasteiger partial charge is 0.493 e. The Morgan fingerprint density at radius 3 is 2.60 bits per heavy atom. The first-order valence-electron chi connectivity index (χ1n) is 6.78. The second kappa shape index (κ2) is 7.75. The summed E-state index contributed by atoms with van der Waals surface area (Å²) in [5, 5.41) is 12.4. The van der Waals surface area contributed by atoms with E-state index in [-0.39, 0.29) is 0 Å². The third kappa shape index (κ3) is 4.42. The summed E-state index contributed by atoms with van der Waals surface area (Å²) in [6.45, 7) is 6.47. The van der Waals surface area contributed by atoms with Crippen LogP contribution in [0.2, 0.25) is 0 Å². The van der Waals surface area contributed by atoms with E-state index in [2.05, 4.69) is 5.32 Å². The number of rotatable bonds is 8. The van der Waals surface area contributed by atoms with E-state index in [0.29, 0.717) is 30.5 Å². The van der Waals surface area contributed by atoms with E-state index in [1.807, 2.05) is 26.0 Å². The molecule has 0 fully saturated rings. The van der Waals surface area contributed by atoms with Crippen LogP contribution < -0.4 is 14.8 Å². The molecule has 0 spiro atoms. The molecule has 20 heavy (non-hydrogen) atoms. The minimum atomic E-state index is -0.971. The van der Waals surface area contributed by atoms with Crippen molar-refractivity contribution < 1.29 is 19.4 Å². The SMILES string of the molecule is CCC(Oc1c(CNC(C)C)cccc1OC)C(=O)O. The molecule has 0 saturated carbocycles. The lowest BCUT2D eigenvalue weighted by Crippen LogP contribution is -2.27. The van der Waals surface area contributed by atoms with Crippen LogP contribution >= 0.6 is 0 Å². The van der Waals surface area contributed by atoms with Crippen LogP contribution in [0.5, 0.6) is 11.5 Å². The summed E-state index contributed by atoms with van der Waals surface area (Å²) in [6.07, 6.45) is -0.478. The van der Waals surface area contributed by atoms with Crippen molar-refractivity contribution in [2.24, 2.45) is 0 Å². The Morgan fingerprint density at radius 2 is 2.10 bits per heavy atom. The Morgan fingerprint density at radius 1 is 1.40 bits per heavy atom. The first kappa shape index (κ1) is 16.3. The molecule has 0 amide bonds. The van der Waals surface area contributed by atoms with Crippen molar-refractivity contribution in [3.8, 4) is 11.5 Å². The number of methoxy groups -OCH3 is 1. The van der Waals surface area contributed by atoms with Crippen molar-refractivity contribution in [1.29, 1.82) is 0 Å². The maximum atomic E-state index is 11.1. The highest BCUT2D eigenvalue weighted by Gasteiger charge is 2.21. The minimum absolute atomic E-state index is 0.329. The Hall–Kier alpha value is -1.75. The molecule has 1 atom stereocenters. The number of para-hydroxylation sites is 1. The van der Waals surface area contributed by atoms with Crippen molar-refractivity contribution >= 4 is 5.97 Å². The summed E-state index contributed by atoms with van der Waals surface area (Å²) in [4.78, 5) is 11.1. The molecule has 1 aromatic rings. The minimum Gasteiger partial charge on any atom is -0.493 e. The van der Waals surface area contributed by atoms with Gasteiger partial charge < -0.3 is 19.9 Å². The van der Waals surface area contributed by atoms with Crippen LogP contribution in [0.15, 0.2) is 18.2 Å². The zero-order chi connectivity index (χ0) is 15.1. The summed E-state index contributed by atoms with van der Waals surface area (Å²) in [5.41, 5.74) is 0.887. The highest BCUT2D eigenvalue weighted by atomic mass is 16.5. The van der Waals surface area contributed by atoms with Crippen molar-refractivity contribution in [2.75, 3.05) is 7.11 Å². The third-order valence-electron chi connectivity index (χ3n) is 2.89. The molecular weight excluding hydrogens is 258 g/mol. The molecule has 5 nitrogen and oxygen atoms in total. The Balaban J connectivity index is 3.02. The van der Waals surface area contributed by atoms with Gasteiger partial charge in [0, 0.05) is 18.2 Å². The first-order chi connectivity index (χ1) is 9.49. The lowest BCUT2D eigenvalue weighted by Gasteiger charge is -2.19. The average molecular weight is 281 g/mol. The van der Waals surface area contributed by atoms with E-state index in [9.17, 15) is 4.79 Å². The number of benzene rings is 1. The molecule has 0 heterocycles. The van der Waals surface area contributed by atoms with Gasteiger partial charge in [-0.2, -0.15) is 0 Å². The fourth-order valence-electron chi connectivity index (χ4n) is 1.76. The topological polar surface area (TPSA) is 67.8 Å². The second-order valence-corrected chi connectivity index (χ2v) is 4.84. The summed E-state index contributed by atoms with van der Waals surface area (Å²) < 4.78 is 10.9. The van der Waals surface area contributed by atoms with Crippen molar-refractivity contribution in [3.05, 3.63) is 23.8 Å². The summed E-state index contributed by atoms with van der Waals surface area (Å²) in [5.74, 6) is 0.0753. The Bertz CT molecular complexity index is 445. The van der Waals surface area contributed by atoms with Crippen LogP contribution in [0.25, 0.3) is 0 Å². The highest BCUT2D eigenvalue weighted by molar-refractivity contribution is 5.73. The predicted octanol–water partition coefficient (Wildman–Crippen LogP) is 2.44. The molecule has 1 rings (SSSR count). The van der Waals surface area contributed by atoms with Gasteiger partial charge in [0.2, 0.25) is 0 Å². The van der Waals surface area contributed by atoms with Gasteiger partial charge in [-0.3, -0.25) is 0 Å². The van der Waals surface area contributed by atoms with Crippen molar-refractivity contribution in [1.82, 2.24) is 5.32 Å². The quantitative estimate of drug-likeness (QED) is 0.766. The number of hydrogen-bond donors (Lipinski definition) is 2. The van der Waals surface area contributed by atoms with Crippen molar-refractivity contribution in [2.45, 2.75) is 45.9 Å². The summed E-state index contributed by atoms with van der Waals surface area (Å²) >= 11 is 0. The molecule has 0 aromatic heterocycles. The smallest absolute Gasteiger partial charge is 0.344 e. The van der Waals surface area contributed by atoms with Gasteiger partial charge in [-0.15, -0.1) is 0 Å². The van der Waals surface area contributed by atoms with Gasteiger partial charge in [0.05, 0.1) is 7.11 Å². The van der Waals surface area contributed by atoms with Crippen LogP contribution in [0, 0.1) is 0 Å². The third-order valence-corrected chi connectivity index (χ3v) is 2.89. The normalized spacial score (nSPS) is 12.2. The maximum Gasteiger partial charge on any atom is 0.344 e. The van der Waals surface area contributed by atoms with Gasteiger partial charge in [0.1, 0.15) is 0 Å². The molecular formula is C15H23NO4. The predicted molar refractivity (Wildman–Crippen MR) is 77.3 cm³/mol. The molecule has 0 aliphatic carbocycles. The van der Waals surface area contributed by atoms with E-state index >= 15 is 0 Å². The van der Waals surface area contributed by atoms with Gasteiger partial charge >= 0.3 is 5.97 Å². The van der Waals surface area contributed by atoms with E-state index < -0.39 is 12.1 Å². The molecule has 0 aliphatic heterocycles. The first-order valence-corrected chi connectivity index (χ1v) is 6.78. The molecule has 112 valence electrons. The van der Waals surface area contributed by atoms with Gasteiger partial charge in [0.15, 0.2) is 17.6 Å². The van der Waals surface area contributed by atoms with E-state index in [0.717, 1.165) is 5.56 Å². The Labute approximate surface area is 119 Å². The van der Waals surface area contributed by atoms with Gasteiger partial charge in [-0.05, 0) is 12.5 Å². The molecule has 0 radical (unpaired) electrons. The number of carboxylic acid groups (broad SMARTS) is 1. The molecule has 0 bridgehead atoms. The number of carboxylic acids is 1. The molecule has 0 saturated heterocycles. The van der Waals surface area contributed by atoms with E-state index in [1.54, 1.807) is 20.1 Å². The standard InChI is InChI=1S/C15H23NO4/c1-5-12(15(17)18)20-14-11(9-16-10(2)3)7-6-8-13(14)19-4/h6-8,10,12,16H,5,9H2,1-4H3,(H,17,18). The highest BCUT2D eigenvalue weighted by Crippen LogP contribution is 2.32. The fourth-order valence-corrected chi connectivity index (χ4v) is 1.76. The summed E-state index contributed by atoms with van der Waals surface area (Å²) in [6, 6.07) is 5.87.